The SMILES string of the molecule is CC/C=C\C/C=C\C/C=C\C/C=C\C/C=C\C/C=C\CCCOCC(COC(=O)CCCCCCCCCCC/C=C\C/C=C\CCCCC)OC(=O)CCCCCCCCC/C=C\C/C=C\C/C=C\CC. The summed E-state index contributed by atoms with van der Waals surface area (Å²) in [6, 6.07) is 0. The number of hydrogen-bond donors (Lipinski definition) is 0. The third-order valence-corrected chi connectivity index (χ3v) is 12.2. The standard InChI is InChI=1S/C67H110O5/c1-4-7-10-13-16-19-22-25-28-31-33-35-38-41-44-47-50-53-56-59-62-70-63-65(72-67(69)61-58-55-52-49-46-43-40-36-30-27-24-21-18-15-12-9-6-3)64-71-66(68)60-57-54-51-48-45-42-39-37-34-32-29-26-23-20-17-14-11-8-5-2/h7,9-10,12,16-21,25-30,33,35,41,44,50,53,65H,4-6,8,11,13-15,22-24,31-32,34,36-40,42-43,45-49,51-52,54-64H2,1-3H3/b10-7-,12-9-,19-16-,20-17-,21-18-,28-25-,29-26-,30-27-,35-33-,44-41-,53-50-. The lowest BCUT2D eigenvalue weighted by Gasteiger charge is -2.18. The molecule has 408 valence electrons. The summed E-state index contributed by atoms with van der Waals surface area (Å²) in [4.78, 5) is 25.6. The van der Waals surface area contributed by atoms with Crippen molar-refractivity contribution in [1.82, 2.24) is 0 Å². The lowest BCUT2D eigenvalue weighted by atomic mass is 10.1. The molecule has 0 heterocycles. The maximum absolute atomic E-state index is 12.9. The fourth-order valence-electron chi connectivity index (χ4n) is 7.81. The second-order valence-electron chi connectivity index (χ2n) is 19.1. The highest BCUT2D eigenvalue weighted by molar-refractivity contribution is 5.70. The number of unbranched alkanes of at least 4 members (excludes halogenated alkanes) is 20. The molecule has 0 spiro atoms. The molecule has 0 aliphatic carbocycles. The minimum Gasteiger partial charge on any atom is -0.462 e. The molecule has 72 heavy (non-hydrogen) atoms. The summed E-state index contributed by atoms with van der Waals surface area (Å²) in [6.45, 7) is 7.42. The van der Waals surface area contributed by atoms with E-state index in [9.17, 15) is 9.59 Å². The summed E-state index contributed by atoms with van der Waals surface area (Å²) < 4.78 is 17.4. The zero-order valence-corrected chi connectivity index (χ0v) is 46.9. The number of hydrogen-bond acceptors (Lipinski definition) is 5. The number of carbonyl (C=O) groups is 2. The number of carbonyl (C=O) groups excluding carboxylic acids is 2. The molecule has 0 N–H and O–H groups in total. The van der Waals surface area contributed by atoms with Crippen LogP contribution in [0.4, 0.5) is 0 Å². The van der Waals surface area contributed by atoms with Crippen LogP contribution in [-0.2, 0) is 23.8 Å². The molecule has 0 saturated heterocycles. The second-order valence-corrected chi connectivity index (χ2v) is 19.1. The molecular weight excluding hydrogens is 885 g/mol. The van der Waals surface area contributed by atoms with Crippen LogP contribution in [0.1, 0.15) is 252 Å². The second kappa shape index (κ2) is 61.3. The molecule has 0 aromatic rings. The van der Waals surface area contributed by atoms with Gasteiger partial charge in [-0.15, -0.1) is 0 Å². The van der Waals surface area contributed by atoms with Crippen LogP contribution < -0.4 is 0 Å². The topological polar surface area (TPSA) is 61.8 Å². The molecule has 0 aromatic carbocycles. The van der Waals surface area contributed by atoms with E-state index in [1.807, 2.05) is 0 Å². The van der Waals surface area contributed by atoms with Gasteiger partial charge in [0.05, 0.1) is 6.61 Å². The molecule has 5 nitrogen and oxygen atoms in total. The van der Waals surface area contributed by atoms with Gasteiger partial charge in [0.2, 0.25) is 0 Å². The molecule has 5 heteroatoms. The first-order chi connectivity index (χ1) is 35.6. The van der Waals surface area contributed by atoms with Crippen molar-refractivity contribution >= 4 is 11.9 Å². The Morgan fingerprint density at radius 1 is 0.319 bits per heavy atom. The molecule has 0 radical (unpaired) electrons. The number of rotatable bonds is 53. The summed E-state index contributed by atoms with van der Waals surface area (Å²) >= 11 is 0. The Hall–Kier alpha value is -3.96. The molecule has 0 saturated carbocycles. The number of esters is 2. The van der Waals surface area contributed by atoms with E-state index in [0.29, 0.717) is 19.4 Å². The fourth-order valence-corrected chi connectivity index (χ4v) is 7.81. The van der Waals surface area contributed by atoms with E-state index in [4.69, 9.17) is 14.2 Å². The van der Waals surface area contributed by atoms with Crippen molar-refractivity contribution in [2.75, 3.05) is 19.8 Å². The molecule has 1 unspecified atom stereocenters. The molecule has 0 aliphatic heterocycles. The van der Waals surface area contributed by atoms with E-state index in [1.54, 1.807) is 0 Å². The van der Waals surface area contributed by atoms with Gasteiger partial charge in [0.15, 0.2) is 6.10 Å². The summed E-state index contributed by atoms with van der Waals surface area (Å²) in [5.41, 5.74) is 0. The van der Waals surface area contributed by atoms with E-state index < -0.39 is 6.10 Å². The van der Waals surface area contributed by atoms with Crippen molar-refractivity contribution in [3.8, 4) is 0 Å². The van der Waals surface area contributed by atoms with Crippen molar-refractivity contribution in [1.29, 1.82) is 0 Å². The van der Waals surface area contributed by atoms with Gasteiger partial charge in [-0.25, -0.2) is 0 Å². The first-order valence-electron chi connectivity index (χ1n) is 29.7. The highest BCUT2D eigenvalue weighted by Gasteiger charge is 2.17. The third kappa shape index (κ3) is 58.6. The van der Waals surface area contributed by atoms with Gasteiger partial charge >= 0.3 is 11.9 Å². The van der Waals surface area contributed by atoms with Crippen LogP contribution in [0.15, 0.2) is 134 Å². The lowest BCUT2D eigenvalue weighted by Crippen LogP contribution is -2.30. The molecule has 0 aromatic heterocycles. The zero-order chi connectivity index (χ0) is 52.0. The summed E-state index contributed by atoms with van der Waals surface area (Å²) in [5, 5.41) is 0. The van der Waals surface area contributed by atoms with Gasteiger partial charge in [0.25, 0.3) is 0 Å². The van der Waals surface area contributed by atoms with E-state index in [-0.39, 0.29) is 25.2 Å². The average molecular weight is 996 g/mol. The van der Waals surface area contributed by atoms with Gasteiger partial charge in [-0.3, -0.25) is 9.59 Å². The monoisotopic (exact) mass is 995 g/mol. The van der Waals surface area contributed by atoms with Crippen LogP contribution >= 0.6 is 0 Å². The minimum absolute atomic E-state index is 0.0478. The smallest absolute Gasteiger partial charge is 0.306 e. The maximum Gasteiger partial charge on any atom is 0.306 e. The van der Waals surface area contributed by atoms with Crippen molar-refractivity contribution in [3.05, 3.63) is 134 Å². The Labute approximate surface area is 445 Å². The molecule has 0 amide bonds. The Morgan fingerprint density at radius 2 is 0.625 bits per heavy atom. The van der Waals surface area contributed by atoms with Crippen LogP contribution in [0, 0.1) is 0 Å². The predicted molar refractivity (Wildman–Crippen MR) is 315 cm³/mol. The first-order valence-corrected chi connectivity index (χ1v) is 29.7. The van der Waals surface area contributed by atoms with Gasteiger partial charge < -0.3 is 14.2 Å². The average Bonchev–Trinajstić information content (AvgIpc) is 3.38. The van der Waals surface area contributed by atoms with Crippen molar-refractivity contribution < 1.29 is 23.8 Å². The highest BCUT2D eigenvalue weighted by Crippen LogP contribution is 2.14. The predicted octanol–water partition coefficient (Wildman–Crippen LogP) is 20.7. The largest absolute Gasteiger partial charge is 0.462 e. The molecule has 1 atom stereocenters. The Kier molecular flexibility index (Phi) is 58.0. The Bertz CT molecular complexity index is 1500. The number of allylic oxidation sites excluding steroid dienone is 22. The normalized spacial score (nSPS) is 13.2. The van der Waals surface area contributed by atoms with E-state index >= 15 is 0 Å². The zero-order valence-electron chi connectivity index (χ0n) is 46.9. The highest BCUT2D eigenvalue weighted by atomic mass is 16.6. The van der Waals surface area contributed by atoms with Crippen molar-refractivity contribution in [2.45, 2.75) is 258 Å². The van der Waals surface area contributed by atoms with Gasteiger partial charge in [-0.1, -0.05) is 244 Å². The van der Waals surface area contributed by atoms with Crippen LogP contribution in [0.2, 0.25) is 0 Å². The van der Waals surface area contributed by atoms with Crippen molar-refractivity contribution in [3.63, 3.8) is 0 Å². The molecule has 0 fully saturated rings. The summed E-state index contributed by atoms with van der Waals surface area (Å²) in [7, 11) is 0. The fraction of sp³-hybridized carbons (Fsp3) is 0.642. The maximum atomic E-state index is 12.9. The van der Waals surface area contributed by atoms with Crippen LogP contribution in [0.25, 0.3) is 0 Å². The van der Waals surface area contributed by atoms with E-state index in [1.165, 1.54) is 96.3 Å². The number of ether oxygens (including phenoxy) is 3. The molecular formula is C67H110O5. The van der Waals surface area contributed by atoms with E-state index in [2.05, 4.69) is 154 Å². The van der Waals surface area contributed by atoms with Crippen LogP contribution in [0.5, 0.6) is 0 Å². The quantitative estimate of drug-likeness (QED) is 0.0345. The first kappa shape index (κ1) is 68.0. The molecule has 0 aliphatic rings. The van der Waals surface area contributed by atoms with Gasteiger partial charge in [0, 0.05) is 19.4 Å². The van der Waals surface area contributed by atoms with E-state index in [0.717, 1.165) is 122 Å². The summed E-state index contributed by atoms with van der Waals surface area (Å²) in [5.74, 6) is -0.449. The Balaban J connectivity index is 4.42. The molecule has 0 bridgehead atoms. The third-order valence-electron chi connectivity index (χ3n) is 12.2. The van der Waals surface area contributed by atoms with Crippen LogP contribution in [0.3, 0.4) is 0 Å². The van der Waals surface area contributed by atoms with Crippen molar-refractivity contribution in [2.24, 2.45) is 0 Å². The van der Waals surface area contributed by atoms with Gasteiger partial charge in [-0.2, -0.15) is 0 Å². The minimum atomic E-state index is -0.585. The van der Waals surface area contributed by atoms with Crippen LogP contribution in [-0.4, -0.2) is 37.9 Å². The summed E-state index contributed by atoms with van der Waals surface area (Å²) in [6.07, 6.45) is 87.7. The van der Waals surface area contributed by atoms with Gasteiger partial charge in [-0.05, 0) is 128 Å². The lowest BCUT2D eigenvalue weighted by molar-refractivity contribution is -0.163. The van der Waals surface area contributed by atoms with Gasteiger partial charge in [0.1, 0.15) is 6.61 Å². The molecule has 0 rings (SSSR count). The Morgan fingerprint density at radius 3 is 1.00 bits per heavy atom.